The zero-order valence-corrected chi connectivity index (χ0v) is 18.4. The molecule has 3 atom stereocenters. The molecule has 7 heteroatoms. The maximum absolute atomic E-state index is 6.00. The number of hydrogen-bond acceptors (Lipinski definition) is 4. The highest BCUT2D eigenvalue weighted by Crippen LogP contribution is 2.62. The van der Waals surface area contributed by atoms with Gasteiger partial charge in [0.1, 0.15) is 5.01 Å². The van der Waals surface area contributed by atoms with Crippen LogP contribution in [0.1, 0.15) is 56.2 Å². The van der Waals surface area contributed by atoms with Crippen molar-refractivity contribution in [1.29, 1.82) is 0 Å². The summed E-state index contributed by atoms with van der Waals surface area (Å²) in [5.41, 5.74) is 1.56. The summed E-state index contributed by atoms with van der Waals surface area (Å²) >= 11 is 1.72. The molecule has 0 bridgehead atoms. The zero-order valence-electron chi connectivity index (χ0n) is 15.2. The van der Waals surface area contributed by atoms with E-state index in [9.17, 15) is 0 Å². The zero-order chi connectivity index (χ0) is 16.7. The van der Waals surface area contributed by atoms with Crippen molar-refractivity contribution in [2.45, 2.75) is 64.1 Å². The Labute approximate surface area is 171 Å². The highest BCUT2D eigenvalue weighted by Gasteiger charge is 2.66. The fourth-order valence-electron chi connectivity index (χ4n) is 4.63. The van der Waals surface area contributed by atoms with E-state index in [2.05, 4.69) is 34.9 Å². The molecule has 0 aromatic carbocycles. The number of halogens is 1. The normalized spacial score (nSPS) is 29.6. The van der Waals surface area contributed by atoms with E-state index in [0.29, 0.717) is 29.4 Å². The van der Waals surface area contributed by atoms with Gasteiger partial charge in [-0.2, -0.15) is 0 Å². The Kier molecular flexibility index (Phi) is 5.95. The smallest absolute Gasteiger partial charge is 0.191 e. The number of aromatic nitrogens is 1. The summed E-state index contributed by atoms with van der Waals surface area (Å²) in [5.74, 6) is 2.05. The van der Waals surface area contributed by atoms with E-state index < -0.39 is 0 Å². The Hall–Kier alpha value is -0.410. The highest BCUT2D eigenvalue weighted by atomic mass is 127. The average Bonchev–Trinajstić information content (AvgIpc) is 3.14. The van der Waals surface area contributed by atoms with Crippen molar-refractivity contribution in [2.24, 2.45) is 16.3 Å². The Morgan fingerprint density at radius 1 is 1.48 bits per heavy atom. The summed E-state index contributed by atoms with van der Waals surface area (Å²) in [7, 11) is 1.85. The van der Waals surface area contributed by atoms with E-state index in [-0.39, 0.29) is 24.0 Å². The van der Waals surface area contributed by atoms with Crippen LogP contribution in [-0.4, -0.2) is 36.7 Å². The minimum absolute atomic E-state index is 0. The van der Waals surface area contributed by atoms with Crippen LogP contribution in [0.25, 0.3) is 0 Å². The van der Waals surface area contributed by atoms with Crippen molar-refractivity contribution < 1.29 is 4.74 Å². The van der Waals surface area contributed by atoms with Gasteiger partial charge in [-0.05, 0) is 25.2 Å². The Balaban J connectivity index is 0.00000182. The molecule has 3 unspecified atom stereocenters. The fraction of sp³-hybridized carbons (Fsp3) is 0.778. The third-order valence-electron chi connectivity index (χ3n) is 6.12. The minimum atomic E-state index is 0. The second kappa shape index (κ2) is 7.68. The quantitative estimate of drug-likeness (QED) is 0.397. The molecule has 25 heavy (non-hydrogen) atoms. The van der Waals surface area contributed by atoms with Crippen molar-refractivity contribution in [2.75, 3.05) is 13.7 Å². The summed E-state index contributed by atoms with van der Waals surface area (Å²) in [5, 5.41) is 10.4. The van der Waals surface area contributed by atoms with Crippen LogP contribution in [-0.2, 0) is 11.3 Å². The van der Waals surface area contributed by atoms with E-state index in [1.54, 1.807) is 11.3 Å². The number of rotatable bonds is 4. The molecule has 3 aliphatic rings. The lowest BCUT2D eigenvalue weighted by molar-refractivity contribution is -0.171. The van der Waals surface area contributed by atoms with Crippen LogP contribution in [0.5, 0.6) is 0 Å². The number of fused-ring (bicyclic) bond motifs is 2. The van der Waals surface area contributed by atoms with Gasteiger partial charge in [0.25, 0.3) is 0 Å². The van der Waals surface area contributed by atoms with Crippen LogP contribution >= 0.6 is 35.3 Å². The van der Waals surface area contributed by atoms with Gasteiger partial charge in [-0.25, -0.2) is 4.98 Å². The second-order valence-corrected chi connectivity index (χ2v) is 8.64. The van der Waals surface area contributed by atoms with E-state index in [1.165, 1.54) is 31.4 Å². The van der Waals surface area contributed by atoms with E-state index in [0.717, 1.165) is 24.1 Å². The minimum Gasteiger partial charge on any atom is -0.377 e. The second-order valence-electron chi connectivity index (χ2n) is 7.70. The van der Waals surface area contributed by atoms with Gasteiger partial charge in [0.15, 0.2) is 5.96 Å². The largest absolute Gasteiger partial charge is 0.377 e. The molecule has 2 N–H and O–H groups in total. The molecular weight excluding hydrogens is 447 g/mol. The maximum Gasteiger partial charge on any atom is 0.191 e. The van der Waals surface area contributed by atoms with Crippen molar-refractivity contribution in [3.8, 4) is 0 Å². The van der Waals surface area contributed by atoms with Crippen molar-refractivity contribution >= 4 is 41.3 Å². The van der Waals surface area contributed by atoms with Crippen LogP contribution in [0.15, 0.2) is 10.4 Å². The van der Waals surface area contributed by atoms with Crippen LogP contribution in [0, 0.1) is 11.3 Å². The van der Waals surface area contributed by atoms with E-state index >= 15 is 0 Å². The van der Waals surface area contributed by atoms with Crippen LogP contribution in [0.2, 0.25) is 0 Å². The standard InChI is InChI=1S/C18H28N4OS.HI/c1-11(2)13-10-24-14(21-13)9-20-17(19-3)22-15-12-5-8-23-16(12)18(15)6-4-7-18;/h10-12,15-16H,4-9H2,1-3H3,(H2,19,20,22);1H. The molecule has 4 rings (SSSR count). The number of nitrogens with one attached hydrogen (secondary N) is 2. The van der Waals surface area contributed by atoms with Gasteiger partial charge < -0.3 is 15.4 Å². The molecular formula is C18H29IN4OS. The molecule has 2 aliphatic carbocycles. The molecule has 1 spiro atoms. The molecule has 0 radical (unpaired) electrons. The molecule has 1 saturated heterocycles. The molecule has 2 heterocycles. The van der Waals surface area contributed by atoms with Gasteiger partial charge >= 0.3 is 0 Å². The predicted molar refractivity (Wildman–Crippen MR) is 113 cm³/mol. The first-order valence-electron chi connectivity index (χ1n) is 9.17. The summed E-state index contributed by atoms with van der Waals surface area (Å²) in [6.45, 7) is 6.03. The van der Waals surface area contributed by atoms with Crippen LogP contribution in [0.4, 0.5) is 0 Å². The van der Waals surface area contributed by atoms with Gasteiger partial charge in [-0.3, -0.25) is 4.99 Å². The first kappa shape index (κ1) is 19.4. The molecule has 5 nitrogen and oxygen atoms in total. The number of hydrogen-bond donors (Lipinski definition) is 2. The van der Waals surface area contributed by atoms with E-state index in [1.807, 2.05) is 7.05 Å². The lowest BCUT2D eigenvalue weighted by Crippen LogP contribution is -2.72. The molecule has 1 aromatic heterocycles. The van der Waals surface area contributed by atoms with Gasteiger partial charge in [0.05, 0.1) is 18.3 Å². The van der Waals surface area contributed by atoms with Gasteiger partial charge in [-0.15, -0.1) is 35.3 Å². The van der Waals surface area contributed by atoms with Crippen LogP contribution in [0.3, 0.4) is 0 Å². The van der Waals surface area contributed by atoms with Crippen molar-refractivity contribution in [3.05, 3.63) is 16.1 Å². The SMILES string of the molecule is CN=C(NCc1nc(C(C)C)cs1)NC1C2CCOC2C12CCC2.I. The molecule has 3 fully saturated rings. The van der Waals surface area contributed by atoms with Crippen molar-refractivity contribution in [3.63, 3.8) is 0 Å². The average molecular weight is 476 g/mol. The topological polar surface area (TPSA) is 58.5 Å². The molecule has 2 saturated carbocycles. The van der Waals surface area contributed by atoms with Gasteiger partial charge in [0, 0.05) is 36.4 Å². The number of thiazole rings is 1. The summed E-state index contributed by atoms with van der Waals surface area (Å²) in [4.78, 5) is 9.13. The summed E-state index contributed by atoms with van der Waals surface area (Å²) < 4.78 is 6.00. The predicted octanol–water partition coefficient (Wildman–Crippen LogP) is 3.51. The monoisotopic (exact) mass is 476 g/mol. The maximum atomic E-state index is 6.00. The molecule has 1 aromatic rings. The Bertz CT molecular complexity index is 628. The summed E-state index contributed by atoms with van der Waals surface area (Å²) in [6.07, 6.45) is 5.62. The third kappa shape index (κ3) is 3.32. The van der Waals surface area contributed by atoms with Gasteiger partial charge in [-0.1, -0.05) is 20.3 Å². The van der Waals surface area contributed by atoms with E-state index in [4.69, 9.17) is 9.72 Å². The Morgan fingerprint density at radius 3 is 2.88 bits per heavy atom. The number of aliphatic imine (C=N–C) groups is 1. The first-order chi connectivity index (χ1) is 11.6. The van der Waals surface area contributed by atoms with Crippen molar-refractivity contribution in [1.82, 2.24) is 15.6 Å². The highest BCUT2D eigenvalue weighted by molar-refractivity contribution is 14.0. The number of guanidine groups is 1. The lowest BCUT2D eigenvalue weighted by Gasteiger charge is -2.63. The molecule has 140 valence electrons. The fourth-order valence-corrected chi connectivity index (χ4v) is 5.52. The molecule has 1 aliphatic heterocycles. The molecule has 0 amide bonds. The summed E-state index contributed by atoms with van der Waals surface area (Å²) in [6, 6.07) is 0.521. The Morgan fingerprint density at radius 2 is 2.28 bits per heavy atom. The number of nitrogens with zero attached hydrogens (tertiary/aromatic N) is 2. The van der Waals surface area contributed by atoms with Gasteiger partial charge in [0.2, 0.25) is 0 Å². The lowest BCUT2D eigenvalue weighted by atomic mass is 9.46. The van der Waals surface area contributed by atoms with Crippen LogP contribution < -0.4 is 10.6 Å². The number of ether oxygens (including phenoxy) is 1. The first-order valence-corrected chi connectivity index (χ1v) is 10.0. The third-order valence-corrected chi connectivity index (χ3v) is 6.99.